The number of fused-ring (bicyclic) bond motifs is 3. The maximum absolute atomic E-state index is 5.86. The fourth-order valence-corrected chi connectivity index (χ4v) is 4.53. The van der Waals surface area contributed by atoms with Gasteiger partial charge in [0, 0.05) is 30.1 Å². The number of ether oxygens (including phenoxy) is 3. The van der Waals surface area contributed by atoms with Crippen molar-refractivity contribution >= 4 is 22.1 Å². The lowest BCUT2D eigenvalue weighted by Crippen LogP contribution is -2.19. The molecule has 0 fully saturated rings. The first-order valence-corrected chi connectivity index (χ1v) is 12.4. The quantitative estimate of drug-likeness (QED) is 0.317. The fraction of sp³-hybridized carbons (Fsp3) is 0.179. The van der Waals surface area contributed by atoms with E-state index in [9.17, 15) is 0 Å². The van der Waals surface area contributed by atoms with Gasteiger partial charge < -0.3 is 24.1 Å². The zero-order valence-corrected chi connectivity index (χ0v) is 21.3. The van der Waals surface area contributed by atoms with Crippen molar-refractivity contribution in [3.05, 3.63) is 61.2 Å². The van der Waals surface area contributed by atoms with Crippen molar-refractivity contribution in [3.8, 4) is 51.2 Å². The third kappa shape index (κ3) is 4.28. The fourth-order valence-electron chi connectivity index (χ4n) is 4.53. The molecule has 0 saturated carbocycles. The number of nitrogens with one attached hydrogen (secondary N) is 2. The average molecular weight is 521 g/mol. The second-order valence-corrected chi connectivity index (χ2v) is 9.46. The van der Waals surface area contributed by atoms with Crippen LogP contribution in [0.15, 0.2) is 61.2 Å². The molecule has 0 amide bonds. The molecular formula is C28H24N8O3. The normalized spacial score (nSPS) is 12.6. The summed E-state index contributed by atoms with van der Waals surface area (Å²) in [5.74, 6) is 2.73. The van der Waals surface area contributed by atoms with E-state index in [1.54, 1.807) is 24.8 Å². The van der Waals surface area contributed by atoms with E-state index in [0.717, 1.165) is 51.2 Å². The number of likely N-dealkylation sites (N-methyl/N-ethyl adjacent to an activating group) is 1. The Balaban J connectivity index is 1.25. The molecular weight excluding hydrogens is 496 g/mol. The molecule has 0 spiro atoms. The van der Waals surface area contributed by atoms with Crippen LogP contribution in [0, 0.1) is 0 Å². The van der Waals surface area contributed by atoms with Gasteiger partial charge in [0.15, 0.2) is 23.0 Å². The average Bonchev–Trinajstić information content (AvgIpc) is 3.69. The third-order valence-electron chi connectivity index (χ3n) is 6.53. The highest BCUT2D eigenvalue weighted by molar-refractivity contribution is 5.96. The highest BCUT2D eigenvalue weighted by atomic mass is 16.7. The van der Waals surface area contributed by atoms with Crippen molar-refractivity contribution in [2.24, 2.45) is 0 Å². The molecule has 11 nitrogen and oxygen atoms in total. The van der Waals surface area contributed by atoms with Gasteiger partial charge in [0.25, 0.3) is 0 Å². The zero-order valence-electron chi connectivity index (χ0n) is 21.3. The summed E-state index contributed by atoms with van der Waals surface area (Å²) < 4.78 is 16.9. The summed E-state index contributed by atoms with van der Waals surface area (Å²) in [4.78, 5) is 24.0. The van der Waals surface area contributed by atoms with E-state index in [0.29, 0.717) is 35.1 Å². The Kier molecular flexibility index (Phi) is 5.55. The van der Waals surface area contributed by atoms with E-state index in [1.165, 1.54) is 0 Å². The van der Waals surface area contributed by atoms with Crippen LogP contribution in [0.4, 0.5) is 0 Å². The molecule has 11 heteroatoms. The molecule has 0 aliphatic carbocycles. The molecule has 0 bridgehead atoms. The molecule has 0 radical (unpaired) electrons. The number of rotatable bonds is 7. The van der Waals surface area contributed by atoms with Gasteiger partial charge in [-0.3, -0.25) is 15.1 Å². The molecule has 0 saturated heterocycles. The molecule has 7 rings (SSSR count). The molecule has 6 aromatic rings. The minimum atomic E-state index is 0.221. The number of imidazole rings is 1. The molecule has 1 aliphatic heterocycles. The van der Waals surface area contributed by atoms with Gasteiger partial charge >= 0.3 is 0 Å². The Morgan fingerprint density at radius 1 is 0.872 bits per heavy atom. The smallest absolute Gasteiger partial charge is 0.231 e. The Labute approximate surface area is 222 Å². The van der Waals surface area contributed by atoms with Crippen LogP contribution in [0.3, 0.4) is 0 Å². The van der Waals surface area contributed by atoms with E-state index >= 15 is 0 Å². The summed E-state index contributed by atoms with van der Waals surface area (Å²) >= 11 is 0. The number of aromatic nitrogens is 7. The number of H-pyrrole nitrogens is 2. The topological polar surface area (TPSA) is 127 Å². The monoisotopic (exact) mass is 520 g/mol. The van der Waals surface area contributed by atoms with Crippen LogP contribution in [0.1, 0.15) is 0 Å². The lowest BCUT2D eigenvalue weighted by atomic mass is 10.1. The summed E-state index contributed by atoms with van der Waals surface area (Å²) in [6, 6.07) is 11.6. The van der Waals surface area contributed by atoms with Crippen molar-refractivity contribution in [3.63, 3.8) is 0 Å². The number of nitrogens with zero attached hydrogens (tertiary/aromatic N) is 6. The predicted molar refractivity (Wildman–Crippen MR) is 146 cm³/mol. The highest BCUT2D eigenvalue weighted by Gasteiger charge is 2.19. The number of aromatic amines is 2. The molecule has 194 valence electrons. The summed E-state index contributed by atoms with van der Waals surface area (Å²) in [6.45, 7) is 1.61. The van der Waals surface area contributed by atoms with Crippen LogP contribution < -0.4 is 14.2 Å². The van der Waals surface area contributed by atoms with Crippen LogP contribution >= 0.6 is 0 Å². The summed E-state index contributed by atoms with van der Waals surface area (Å²) in [5.41, 5.74) is 7.10. The molecule has 1 aromatic carbocycles. The predicted octanol–water partition coefficient (Wildman–Crippen LogP) is 4.29. The van der Waals surface area contributed by atoms with Gasteiger partial charge in [0.1, 0.15) is 17.9 Å². The maximum Gasteiger partial charge on any atom is 0.231 e. The van der Waals surface area contributed by atoms with Gasteiger partial charge in [-0.05, 0) is 50.0 Å². The lowest BCUT2D eigenvalue weighted by molar-refractivity contribution is 0.174. The van der Waals surface area contributed by atoms with E-state index < -0.39 is 0 Å². The molecule has 0 atom stereocenters. The molecule has 1 aliphatic rings. The van der Waals surface area contributed by atoms with Gasteiger partial charge in [0.05, 0.1) is 34.6 Å². The second kappa shape index (κ2) is 9.37. The first kappa shape index (κ1) is 23.1. The Morgan fingerprint density at radius 2 is 1.77 bits per heavy atom. The molecule has 0 unspecified atom stereocenters. The van der Waals surface area contributed by atoms with Gasteiger partial charge in [-0.15, -0.1) is 0 Å². The summed E-state index contributed by atoms with van der Waals surface area (Å²) in [6.07, 6.45) is 7.03. The molecule has 2 N–H and O–H groups in total. The van der Waals surface area contributed by atoms with Crippen LogP contribution in [0.5, 0.6) is 17.2 Å². The third-order valence-corrected chi connectivity index (χ3v) is 6.53. The van der Waals surface area contributed by atoms with Crippen LogP contribution in [-0.4, -0.2) is 74.1 Å². The van der Waals surface area contributed by atoms with Crippen molar-refractivity contribution < 1.29 is 14.2 Å². The van der Waals surface area contributed by atoms with Gasteiger partial charge in [-0.1, -0.05) is 6.07 Å². The minimum Gasteiger partial charge on any atom is -0.491 e. The van der Waals surface area contributed by atoms with E-state index in [-0.39, 0.29) is 6.79 Å². The van der Waals surface area contributed by atoms with Crippen LogP contribution in [0.2, 0.25) is 0 Å². The minimum absolute atomic E-state index is 0.221. The van der Waals surface area contributed by atoms with E-state index in [1.807, 2.05) is 50.5 Å². The molecule has 5 aromatic heterocycles. The van der Waals surface area contributed by atoms with Gasteiger partial charge in [0.2, 0.25) is 6.79 Å². The van der Waals surface area contributed by atoms with E-state index in [4.69, 9.17) is 24.2 Å². The van der Waals surface area contributed by atoms with Crippen molar-refractivity contribution in [1.29, 1.82) is 0 Å². The first-order chi connectivity index (χ1) is 19.1. The standard InChI is InChI=1S/C28H24N8O3/c1-36(2)7-8-37-18-9-17(11-29-12-18)20-4-5-21-26(31-20)27(35-34-21)28-32-22-14-30-13-19(25(22)33-28)16-3-6-23-24(10-16)39-15-38-23/h3-6,9-14H,7-8,15H2,1-2H3,(H,32,33)(H,34,35). The Morgan fingerprint density at radius 3 is 2.69 bits per heavy atom. The van der Waals surface area contributed by atoms with Crippen molar-refractivity contribution in [2.75, 3.05) is 34.0 Å². The first-order valence-electron chi connectivity index (χ1n) is 12.4. The van der Waals surface area contributed by atoms with Crippen molar-refractivity contribution in [1.82, 2.24) is 40.0 Å². The van der Waals surface area contributed by atoms with E-state index in [2.05, 4.69) is 30.0 Å². The number of hydrogen-bond acceptors (Lipinski definition) is 9. The van der Waals surface area contributed by atoms with Crippen molar-refractivity contribution in [2.45, 2.75) is 0 Å². The Bertz CT molecular complexity index is 1830. The Hall–Kier alpha value is -5.03. The number of benzene rings is 1. The highest BCUT2D eigenvalue weighted by Crippen LogP contribution is 2.38. The van der Waals surface area contributed by atoms with Gasteiger partial charge in [-0.25, -0.2) is 9.97 Å². The van der Waals surface area contributed by atoms with Crippen LogP contribution in [-0.2, 0) is 0 Å². The summed E-state index contributed by atoms with van der Waals surface area (Å²) in [7, 11) is 4.02. The summed E-state index contributed by atoms with van der Waals surface area (Å²) in [5, 5.41) is 7.61. The van der Waals surface area contributed by atoms with Gasteiger partial charge in [-0.2, -0.15) is 5.10 Å². The zero-order chi connectivity index (χ0) is 26.3. The lowest BCUT2D eigenvalue weighted by Gasteiger charge is -2.11. The number of pyridine rings is 3. The maximum atomic E-state index is 5.86. The molecule has 39 heavy (non-hydrogen) atoms. The van der Waals surface area contributed by atoms with Crippen LogP contribution in [0.25, 0.3) is 56.0 Å². The molecule has 6 heterocycles. The SMILES string of the molecule is CN(C)CCOc1cncc(-c2ccc3[nH]nc(-c4nc5c(-c6ccc7c(c6)OCO7)cncc5[nH]4)c3n2)c1. The number of hydrogen-bond donors (Lipinski definition) is 2. The second-order valence-electron chi connectivity index (χ2n) is 9.46. The largest absolute Gasteiger partial charge is 0.491 e.